The molecular formula is C49H78N6O15S. The fourth-order valence-corrected chi connectivity index (χ4v) is 8.49. The number of fused-ring (bicyclic) bond motifs is 1. The van der Waals surface area contributed by atoms with Gasteiger partial charge in [-0.2, -0.15) is 4.31 Å². The number of aromatic nitrogens is 1. The van der Waals surface area contributed by atoms with Crippen LogP contribution in [0.3, 0.4) is 0 Å². The van der Waals surface area contributed by atoms with E-state index in [0.29, 0.717) is 167 Å². The number of aliphatic imine (C=N–C) groups is 1. The predicted octanol–water partition coefficient (Wildman–Crippen LogP) is 3.42. The summed E-state index contributed by atoms with van der Waals surface area (Å²) in [5.74, 6) is -0.187. The number of hydrogen-bond donors (Lipinski definition) is 2. The summed E-state index contributed by atoms with van der Waals surface area (Å²) < 4.78 is 83.2. The molecule has 0 bridgehead atoms. The topological polar surface area (TPSA) is 240 Å². The Hall–Kier alpha value is -4.01. The van der Waals surface area contributed by atoms with Crippen LogP contribution >= 0.6 is 0 Å². The lowest BCUT2D eigenvalue weighted by atomic mass is 10.0. The Labute approximate surface area is 419 Å². The monoisotopic (exact) mass is 1020 g/mol. The van der Waals surface area contributed by atoms with Crippen molar-refractivity contribution in [3.05, 3.63) is 47.8 Å². The minimum absolute atomic E-state index is 0.0224. The molecule has 1 aromatic heterocycles. The van der Waals surface area contributed by atoms with E-state index in [1.807, 2.05) is 26.0 Å². The molecule has 4 rings (SSSR count). The predicted molar refractivity (Wildman–Crippen MR) is 266 cm³/mol. The number of amidine groups is 1. The zero-order valence-electron chi connectivity index (χ0n) is 42.0. The minimum Gasteiger partial charge on any atom is -0.387 e. The van der Waals surface area contributed by atoms with Gasteiger partial charge in [-0.1, -0.05) is 26.0 Å². The van der Waals surface area contributed by atoms with Gasteiger partial charge in [0.2, 0.25) is 15.9 Å². The second kappa shape index (κ2) is 36.0. The molecule has 3 N–H and O–H groups in total. The summed E-state index contributed by atoms with van der Waals surface area (Å²) in [6.07, 6.45) is 6.77. The Morgan fingerprint density at radius 1 is 0.676 bits per heavy atom. The molecule has 2 aliphatic rings. The molecule has 0 aliphatic carbocycles. The first kappa shape index (κ1) is 59.6. The molecule has 2 amide bonds. The van der Waals surface area contributed by atoms with Crippen molar-refractivity contribution >= 4 is 39.4 Å². The number of carbonyl (C=O) groups is 2. The third-order valence-corrected chi connectivity index (χ3v) is 12.4. The largest absolute Gasteiger partial charge is 0.387 e. The number of nitrogens with one attached hydrogen (secondary N) is 1. The summed E-state index contributed by atoms with van der Waals surface area (Å²) in [6.45, 7) is 17.2. The number of rotatable bonds is 42. The number of nitrogens with two attached hydrogens (primary N) is 1. The van der Waals surface area contributed by atoms with Crippen molar-refractivity contribution in [1.82, 2.24) is 19.7 Å². The Bertz CT molecular complexity index is 1980. The molecule has 0 atom stereocenters. The van der Waals surface area contributed by atoms with Crippen molar-refractivity contribution in [3.8, 4) is 11.1 Å². The summed E-state index contributed by atoms with van der Waals surface area (Å²) >= 11 is 0. The van der Waals surface area contributed by atoms with E-state index in [1.165, 1.54) is 15.6 Å². The molecule has 0 radical (unpaired) electrons. The number of ether oxygens (including phenoxy) is 10. The van der Waals surface area contributed by atoms with Crippen molar-refractivity contribution in [1.29, 1.82) is 0 Å². The van der Waals surface area contributed by atoms with Crippen LogP contribution in [0.5, 0.6) is 0 Å². The summed E-state index contributed by atoms with van der Waals surface area (Å²) in [5, 5.41) is 4.23. The zero-order valence-corrected chi connectivity index (χ0v) is 42.8. The maximum Gasteiger partial charge on any atom is 0.273 e. The van der Waals surface area contributed by atoms with E-state index in [-0.39, 0.29) is 61.0 Å². The van der Waals surface area contributed by atoms with Gasteiger partial charge in [-0.25, -0.2) is 18.5 Å². The molecule has 71 heavy (non-hydrogen) atoms. The van der Waals surface area contributed by atoms with Crippen molar-refractivity contribution in [2.24, 2.45) is 16.6 Å². The van der Waals surface area contributed by atoms with Crippen molar-refractivity contribution in [3.63, 3.8) is 0 Å². The molecule has 0 unspecified atom stereocenters. The average molecular weight is 1020 g/mol. The van der Waals surface area contributed by atoms with Crippen molar-refractivity contribution in [2.75, 3.05) is 165 Å². The second-order valence-electron chi connectivity index (χ2n) is 16.3. The van der Waals surface area contributed by atoms with E-state index in [1.54, 1.807) is 24.4 Å². The first-order valence-corrected chi connectivity index (χ1v) is 26.2. The standard InChI is InChI=1S/C49H78N6O15S/c1-4-10-55(70-6-3)49(57)43-31-42-8-7-41(33-46(42)53-47(50)34-43)44-32-45(37-51-36-44)71(58,59)54-38-40(39-54)35-52-48(56)9-12-61-14-16-63-18-20-65-22-24-67-26-28-69-30-29-68-27-25-66-23-21-64-19-17-62-15-13-60-11-5-2/h7-8,31-33,36-37,40H,4-6,9-30,34-35,38-39H2,1-3H3,(H2,50,53)(H,52,56). The van der Waals surface area contributed by atoms with Gasteiger partial charge in [0.15, 0.2) is 0 Å². The van der Waals surface area contributed by atoms with Crippen molar-refractivity contribution in [2.45, 2.75) is 51.3 Å². The maximum absolute atomic E-state index is 13.6. The van der Waals surface area contributed by atoms with Crippen LogP contribution in [-0.4, -0.2) is 205 Å². The fraction of sp³-hybridized carbons (Fsp3) is 0.673. The van der Waals surface area contributed by atoms with Crippen LogP contribution in [0.15, 0.2) is 52.1 Å². The van der Waals surface area contributed by atoms with Crippen LogP contribution in [0.1, 0.15) is 52.0 Å². The highest BCUT2D eigenvalue weighted by Gasteiger charge is 2.37. The number of pyridine rings is 1. The SMILES string of the molecule is CCCOCCOCCOCCOCCOCCOCCOCCOCCOCCOCCC(=O)NCC1CN(S(=O)(=O)c2cncc(-c3ccc4c(c3)N=C(N)CC(C(=O)N(CCC)OCC)=C4)c2)C1. The van der Waals surface area contributed by atoms with E-state index in [4.69, 9.17) is 57.9 Å². The second-order valence-corrected chi connectivity index (χ2v) is 18.3. The lowest BCUT2D eigenvalue weighted by Crippen LogP contribution is -2.53. The normalized spacial score (nSPS) is 14.1. The van der Waals surface area contributed by atoms with Gasteiger partial charge in [-0.15, -0.1) is 0 Å². The Kier molecular flexibility index (Phi) is 30.2. The fourth-order valence-electron chi connectivity index (χ4n) is 6.90. The zero-order chi connectivity index (χ0) is 50.8. The highest BCUT2D eigenvalue weighted by molar-refractivity contribution is 7.89. The summed E-state index contributed by atoms with van der Waals surface area (Å²) in [5.41, 5.74) is 9.23. The Morgan fingerprint density at radius 2 is 1.18 bits per heavy atom. The summed E-state index contributed by atoms with van der Waals surface area (Å²) in [6, 6.07) is 7.03. The van der Waals surface area contributed by atoms with Gasteiger partial charge < -0.3 is 58.4 Å². The van der Waals surface area contributed by atoms with Crippen molar-refractivity contribution < 1.29 is 70.2 Å². The molecule has 0 saturated carbocycles. The van der Waals surface area contributed by atoms with Gasteiger partial charge in [0, 0.05) is 80.6 Å². The van der Waals surface area contributed by atoms with Gasteiger partial charge >= 0.3 is 0 Å². The van der Waals surface area contributed by atoms with E-state index in [0.717, 1.165) is 19.4 Å². The number of carbonyl (C=O) groups excluding carboxylic acids is 2. The van der Waals surface area contributed by atoms with E-state index < -0.39 is 10.0 Å². The van der Waals surface area contributed by atoms with E-state index in [2.05, 4.69) is 22.2 Å². The lowest BCUT2D eigenvalue weighted by molar-refractivity contribution is -0.180. The quantitative estimate of drug-likeness (QED) is 0.0716. The number of hydroxylamine groups is 2. The van der Waals surface area contributed by atoms with Crippen LogP contribution in [0.2, 0.25) is 0 Å². The van der Waals surface area contributed by atoms with Crippen LogP contribution < -0.4 is 11.1 Å². The molecule has 3 heterocycles. The van der Waals surface area contributed by atoms with Crippen LogP contribution in [-0.2, 0) is 71.8 Å². The van der Waals surface area contributed by atoms with Gasteiger partial charge in [-0.3, -0.25) is 19.4 Å². The number of nitrogens with zero attached hydrogens (tertiary/aromatic N) is 4. The Morgan fingerprint density at radius 3 is 1.68 bits per heavy atom. The smallest absolute Gasteiger partial charge is 0.273 e. The van der Waals surface area contributed by atoms with E-state index >= 15 is 0 Å². The van der Waals surface area contributed by atoms with Crippen LogP contribution in [0.4, 0.5) is 5.69 Å². The molecule has 400 valence electrons. The number of hydrogen-bond acceptors (Lipinski definition) is 18. The first-order valence-electron chi connectivity index (χ1n) is 24.8. The number of sulfonamides is 1. The average Bonchev–Trinajstić information content (AvgIpc) is 3.52. The third-order valence-electron chi connectivity index (χ3n) is 10.6. The lowest BCUT2D eigenvalue weighted by Gasteiger charge is -2.38. The molecule has 0 spiro atoms. The highest BCUT2D eigenvalue weighted by Crippen LogP contribution is 2.33. The number of benzene rings is 1. The molecule has 1 saturated heterocycles. The van der Waals surface area contributed by atoms with Gasteiger partial charge in [-0.05, 0) is 43.5 Å². The third kappa shape index (κ3) is 23.6. The molecule has 1 fully saturated rings. The maximum atomic E-state index is 13.6. The molecule has 22 heteroatoms. The molecule has 1 aromatic carbocycles. The molecule has 21 nitrogen and oxygen atoms in total. The van der Waals surface area contributed by atoms with Gasteiger partial charge in [0.1, 0.15) is 10.7 Å². The minimum atomic E-state index is -3.83. The highest BCUT2D eigenvalue weighted by atomic mass is 32.2. The van der Waals surface area contributed by atoms with Gasteiger partial charge in [0.05, 0.1) is 138 Å². The molecule has 2 aromatic rings. The number of amides is 2. The van der Waals surface area contributed by atoms with E-state index in [9.17, 15) is 18.0 Å². The van der Waals surface area contributed by atoms with Crippen LogP contribution in [0, 0.1) is 5.92 Å². The molecular weight excluding hydrogens is 945 g/mol. The van der Waals surface area contributed by atoms with Gasteiger partial charge in [0.25, 0.3) is 5.91 Å². The van der Waals surface area contributed by atoms with Crippen LogP contribution in [0.25, 0.3) is 17.2 Å². The molecule has 2 aliphatic heterocycles. The Balaban J connectivity index is 0.947. The summed E-state index contributed by atoms with van der Waals surface area (Å²) in [7, 11) is -3.83. The summed E-state index contributed by atoms with van der Waals surface area (Å²) in [4.78, 5) is 40.1. The first-order chi connectivity index (χ1) is 34.7.